The fourth-order valence-corrected chi connectivity index (χ4v) is 1.93. The quantitative estimate of drug-likeness (QED) is 0.822. The number of anilines is 2. The van der Waals surface area contributed by atoms with Crippen molar-refractivity contribution in [1.29, 1.82) is 0 Å². The lowest BCUT2D eigenvalue weighted by molar-refractivity contribution is 0.0963. The summed E-state index contributed by atoms with van der Waals surface area (Å²) in [5.41, 5.74) is 9.08. The Balaban J connectivity index is 2.18. The van der Waals surface area contributed by atoms with Crippen LogP contribution in [-0.4, -0.2) is 20.0 Å². The number of nitrogens with one attached hydrogen (secondary N) is 1. The number of nitrogen functional groups attached to an aromatic ring is 1. The zero-order valence-electron chi connectivity index (χ0n) is 11.0. The molecule has 1 aromatic heterocycles. The highest BCUT2D eigenvalue weighted by atomic mass is 16.3. The first kappa shape index (κ1) is 13.0. The van der Waals surface area contributed by atoms with Gasteiger partial charge in [0.25, 0.3) is 5.91 Å². The van der Waals surface area contributed by atoms with Crippen molar-refractivity contribution in [2.75, 3.05) is 24.7 Å². The topological polar surface area (TPSA) is 71.5 Å². The third-order valence-corrected chi connectivity index (χ3v) is 2.93. The molecule has 0 saturated carbocycles. The third kappa shape index (κ3) is 2.88. The van der Waals surface area contributed by atoms with Crippen molar-refractivity contribution >= 4 is 17.3 Å². The van der Waals surface area contributed by atoms with Crippen LogP contribution in [0.3, 0.4) is 0 Å². The highest BCUT2D eigenvalue weighted by Crippen LogP contribution is 2.24. The Bertz CT molecular complexity index is 564. The third-order valence-electron chi connectivity index (χ3n) is 2.93. The maximum absolute atomic E-state index is 11.5. The number of carbonyl (C=O) groups is 1. The van der Waals surface area contributed by atoms with Crippen molar-refractivity contribution in [2.24, 2.45) is 0 Å². The van der Waals surface area contributed by atoms with Gasteiger partial charge in [0.15, 0.2) is 0 Å². The van der Waals surface area contributed by atoms with E-state index in [1.54, 1.807) is 31.7 Å². The van der Waals surface area contributed by atoms with Crippen LogP contribution in [0.1, 0.15) is 15.9 Å². The summed E-state index contributed by atoms with van der Waals surface area (Å²) in [5.74, 6) is -0.143. The van der Waals surface area contributed by atoms with Crippen molar-refractivity contribution < 1.29 is 9.21 Å². The van der Waals surface area contributed by atoms with E-state index in [0.29, 0.717) is 17.8 Å². The Hall–Kier alpha value is -2.43. The summed E-state index contributed by atoms with van der Waals surface area (Å²) in [4.78, 5) is 13.5. The van der Waals surface area contributed by atoms with E-state index < -0.39 is 0 Å². The summed E-state index contributed by atoms with van der Waals surface area (Å²) in [6, 6.07) is 7.20. The molecule has 0 aliphatic heterocycles. The molecule has 0 spiro atoms. The molecule has 0 saturated heterocycles. The molecule has 0 aliphatic carbocycles. The van der Waals surface area contributed by atoms with Gasteiger partial charge in [-0.2, -0.15) is 0 Å². The number of furan rings is 1. The first-order valence-corrected chi connectivity index (χ1v) is 5.95. The lowest BCUT2D eigenvalue weighted by atomic mass is 10.1. The highest BCUT2D eigenvalue weighted by Gasteiger charge is 2.10. The summed E-state index contributed by atoms with van der Waals surface area (Å²) < 4.78 is 5.04. The van der Waals surface area contributed by atoms with Gasteiger partial charge in [-0.3, -0.25) is 4.79 Å². The SMILES string of the molecule is CNC(=O)c1ccc(N(C)Cc2ccoc2)c(N)c1. The maximum atomic E-state index is 11.5. The van der Waals surface area contributed by atoms with Crippen LogP contribution < -0.4 is 16.0 Å². The number of hydrogen-bond acceptors (Lipinski definition) is 4. The van der Waals surface area contributed by atoms with Gasteiger partial charge in [-0.1, -0.05) is 0 Å². The molecule has 1 amide bonds. The van der Waals surface area contributed by atoms with Gasteiger partial charge in [0.2, 0.25) is 0 Å². The zero-order valence-corrected chi connectivity index (χ0v) is 11.0. The summed E-state index contributed by atoms with van der Waals surface area (Å²) in [6.45, 7) is 0.694. The standard InChI is InChI=1S/C14H17N3O2/c1-16-14(18)11-3-4-13(12(15)7-11)17(2)8-10-5-6-19-9-10/h3-7,9H,8,15H2,1-2H3,(H,16,18). The van der Waals surface area contributed by atoms with Crippen LogP contribution in [-0.2, 0) is 6.54 Å². The smallest absolute Gasteiger partial charge is 0.251 e. The lowest BCUT2D eigenvalue weighted by Crippen LogP contribution is -2.20. The maximum Gasteiger partial charge on any atom is 0.251 e. The molecular weight excluding hydrogens is 242 g/mol. The molecule has 5 nitrogen and oxygen atoms in total. The van der Waals surface area contributed by atoms with E-state index in [1.807, 2.05) is 24.1 Å². The van der Waals surface area contributed by atoms with Gasteiger partial charge in [0, 0.05) is 31.8 Å². The van der Waals surface area contributed by atoms with E-state index in [9.17, 15) is 4.79 Å². The minimum Gasteiger partial charge on any atom is -0.472 e. The first-order valence-electron chi connectivity index (χ1n) is 5.95. The normalized spacial score (nSPS) is 10.2. The number of rotatable bonds is 4. The number of nitrogens with two attached hydrogens (primary N) is 1. The van der Waals surface area contributed by atoms with E-state index in [2.05, 4.69) is 5.32 Å². The predicted molar refractivity (Wildman–Crippen MR) is 75.1 cm³/mol. The van der Waals surface area contributed by atoms with Crippen LogP contribution in [0.5, 0.6) is 0 Å². The summed E-state index contributed by atoms with van der Waals surface area (Å²) in [6.07, 6.45) is 3.34. The fraction of sp³-hybridized carbons (Fsp3) is 0.214. The van der Waals surface area contributed by atoms with Crippen molar-refractivity contribution in [2.45, 2.75) is 6.54 Å². The Labute approximate surface area is 112 Å². The van der Waals surface area contributed by atoms with Crippen LogP contribution >= 0.6 is 0 Å². The molecule has 5 heteroatoms. The molecule has 100 valence electrons. The minimum absolute atomic E-state index is 0.143. The van der Waals surface area contributed by atoms with Gasteiger partial charge >= 0.3 is 0 Å². The van der Waals surface area contributed by atoms with Crippen LogP contribution in [0.4, 0.5) is 11.4 Å². The second kappa shape index (κ2) is 5.48. The van der Waals surface area contributed by atoms with Crippen LogP contribution in [0.25, 0.3) is 0 Å². The van der Waals surface area contributed by atoms with Crippen molar-refractivity contribution in [3.8, 4) is 0 Å². The second-order valence-electron chi connectivity index (χ2n) is 4.34. The van der Waals surface area contributed by atoms with Gasteiger partial charge in [-0.15, -0.1) is 0 Å². The monoisotopic (exact) mass is 259 g/mol. The average molecular weight is 259 g/mol. The van der Waals surface area contributed by atoms with E-state index in [0.717, 1.165) is 11.3 Å². The number of amides is 1. The summed E-state index contributed by atoms with van der Waals surface area (Å²) in [7, 11) is 3.54. The molecule has 0 fully saturated rings. The Morgan fingerprint density at radius 2 is 2.21 bits per heavy atom. The van der Waals surface area contributed by atoms with Gasteiger partial charge in [0.05, 0.1) is 23.9 Å². The molecule has 1 aromatic carbocycles. The largest absolute Gasteiger partial charge is 0.472 e. The van der Waals surface area contributed by atoms with E-state index in [4.69, 9.17) is 10.2 Å². The predicted octanol–water partition coefficient (Wildman–Crippen LogP) is 1.86. The van der Waals surface area contributed by atoms with Gasteiger partial charge in [0.1, 0.15) is 0 Å². The molecule has 2 rings (SSSR count). The zero-order chi connectivity index (χ0) is 13.8. The van der Waals surface area contributed by atoms with Crippen molar-refractivity contribution in [1.82, 2.24) is 5.32 Å². The number of carbonyl (C=O) groups excluding carboxylic acids is 1. The summed E-state index contributed by atoms with van der Waals surface area (Å²) in [5, 5.41) is 2.57. The molecule has 1 heterocycles. The Kier molecular flexibility index (Phi) is 3.75. The Morgan fingerprint density at radius 1 is 1.42 bits per heavy atom. The molecule has 2 aromatic rings. The first-order chi connectivity index (χ1) is 9.11. The molecule has 0 radical (unpaired) electrons. The number of hydrogen-bond donors (Lipinski definition) is 2. The molecule has 19 heavy (non-hydrogen) atoms. The average Bonchev–Trinajstić information content (AvgIpc) is 2.90. The summed E-state index contributed by atoms with van der Waals surface area (Å²) >= 11 is 0. The van der Waals surface area contributed by atoms with E-state index >= 15 is 0 Å². The van der Waals surface area contributed by atoms with Gasteiger partial charge in [-0.25, -0.2) is 0 Å². The molecule has 0 atom stereocenters. The molecular formula is C14H17N3O2. The molecule has 0 aliphatic rings. The molecule has 0 unspecified atom stereocenters. The lowest BCUT2D eigenvalue weighted by Gasteiger charge is -2.20. The van der Waals surface area contributed by atoms with E-state index in [1.165, 1.54) is 0 Å². The van der Waals surface area contributed by atoms with Crippen molar-refractivity contribution in [3.63, 3.8) is 0 Å². The van der Waals surface area contributed by atoms with Gasteiger partial charge in [-0.05, 0) is 24.3 Å². The Morgan fingerprint density at radius 3 is 2.79 bits per heavy atom. The second-order valence-corrected chi connectivity index (χ2v) is 4.34. The van der Waals surface area contributed by atoms with Crippen LogP contribution in [0.2, 0.25) is 0 Å². The fourth-order valence-electron chi connectivity index (χ4n) is 1.93. The minimum atomic E-state index is -0.143. The number of benzene rings is 1. The van der Waals surface area contributed by atoms with Crippen molar-refractivity contribution in [3.05, 3.63) is 47.9 Å². The van der Waals surface area contributed by atoms with Crippen LogP contribution in [0.15, 0.2) is 41.2 Å². The highest BCUT2D eigenvalue weighted by molar-refractivity contribution is 5.96. The molecule has 0 bridgehead atoms. The molecule has 3 N–H and O–H groups in total. The van der Waals surface area contributed by atoms with Crippen LogP contribution in [0, 0.1) is 0 Å². The number of nitrogens with zero attached hydrogens (tertiary/aromatic N) is 1. The van der Waals surface area contributed by atoms with Gasteiger partial charge < -0.3 is 20.4 Å². The van der Waals surface area contributed by atoms with E-state index in [-0.39, 0.29) is 5.91 Å².